The number of carboxylic acid groups (broad SMARTS) is 1. The van der Waals surface area contributed by atoms with Gasteiger partial charge in [-0.25, -0.2) is 4.79 Å². The smallest absolute Gasteiger partial charge is 0.372 e. The number of anilines is 1. The van der Waals surface area contributed by atoms with Crippen LogP contribution >= 0.6 is 0 Å². The molecule has 1 aromatic carbocycles. The van der Waals surface area contributed by atoms with Crippen molar-refractivity contribution < 1.29 is 24.6 Å². The Labute approximate surface area is 103 Å². The third kappa shape index (κ3) is 2.54. The Bertz CT molecular complexity index is 511. The number of nitrogen functional groups attached to an aromatic ring is 1. The Hall–Kier alpha value is -2.21. The fourth-order valence-electron chi connectivity index (χ4n) is 1.59. The van der Waals surface area contributed by atoms with Gasteiger partial charge in [0.05, 0.1) is 6.42 Å². The predicted octanol–water partition coefficient (Wildman–Crippen LogP) is 0.0892. The van der Waals surface area contributed by atoms with E-state index in [4.69, 9.17) is 10.8 Å². The summed E-state index contributed by atoms with van der Waals surface area (Å²) in [6.07, 6.45) is -0.841. The number of nitrogens with two attached hydrogens (primary N) is 1. The highest BCUT2D eigenvalue weighted by molar-refractivity contribution is 6.33. The fraction of sp³-hybridized carbons (Fsp3) is 0.250. The number of benzene rings is 1. The molecule has 0 aliphatic heterocycles. The molecule has 1 rings (SSSR count). The first-order valence-electron chi connectivity index (χ1n) is 5.13. The molecule has 0 heterocycles. The summed E-state index contributed by atoms with van der Waals surface area (Å²) in [5, 5.41) is 18.8. The highest BCUT2D eigenvalue weighted by Gasteiger charge is 2.40. The number of hydrogen-bond acceptors (Lipinski definition) is 5. The highest BCUT2D eigenvalue weighted by atomic mass is 16.4. The van der Waals surface area contributed by atoms with E-state index in [1.165, 1.54) is 18.2 Å². The normalized spacial score (nSPS) is 13.7. The monoisotopic (exact) mass is 251 g/mol. The molecule has 0 aliphatic rings. The molecule has 6 nitrogen and oxygen atoms in total. The lowest BCUT2D eigenvalue weighted by Gasteiger charge is -2.25. The minimum Gasteiger partial charge on any atom is -0.475 e. The van der Waals surface area contributed by atoms with Gasteiger partial charge in [-0.1, -0.05) is 18.2 Å². The molecular formula is C12H13NO5. The van der Waals surface area contributed by atoms with E-state index in [0.29, 0.717) is 0 Å². The van der Waals surface area contributed by atoms with Crippen molar-refractivity contribution in [1.82, 2.24) is 0 Å². The Morgan fingerprint density at radius 1 is 1.28 bits per heavy atom. The van der Waals surface area contributed by atoms with Gasteiger partial charge >= 0.3 is 5.97 Å². The molecule has 0 fully saturated rings. The molecule has 0 unspecified atom stereocenters. The van der Waals surface area contributed by atoms with Crippen LogP contribution in [0, 0.1) is 0 Å². The lowest BCUT2D eigenvalue weighted by molar-refractivity contribution is -0.154. The summed E-state index contributed by atoms with van der Waals surface area (Å²) in [6.45, 7) is 1.07. The molecule has 18 heavy (non-hydrogen) atoms. The maximum Gasteiger partial charge on any atom is 0.372 e. The highest BCUT2D eigenvalue weighted by Crippen LogP contribution is 2.30. The first kappa shape index (κ1) is 13.9. The molecule has 1 atom stereocenters. The molecule has 4 N–H and O–H groups in total. The summed E-state index contributed by atoms with van der Waals surface area (Å²) < 4.78 is 0. The molecule has 0 bridgehead atoms. The van der Waals surface area contributed by atoms with Crippen molar-refractivity contribution in [2.75, 3.05) is 5.73 Å². The van der Waals surface area contributed by atoms with Crippen LogP contribution in [0.25, 0.3) is 0 Å². The Morgan fingerprint density at radius 3 is 2.28 bits per heavy atom. The van der Waals surface area contributed by atoms with Crippen molar-refractivity contribution in [2.24, 2.45) is 0 Å². The number of carbonyl (C=O) groups is 3. The topological polar surface area (TPSA) is 118 Å². The second-order valence-corrected chi connectivity index (χ2v) is 3.91. The Morgan fingerprint density at radius 2 is 1.83 bits per heavy atom. The largest absolute Gasteiger partial charge is 0.475 e. The molecular weight excluding hydrogens is 238 g/mol. The van der Waals surface area contributed by atoms with Gasteiger partial charge in [0.25, 0.3) is 0 Å². The van der Waals surface area contributed by atoms with Gasteiger partial charge in [-0.05, 0) is 13.0 Å². The lowest BCUT2D eigenvalue weighted by atomic mass is 9.84. The molecule has 1 aromatic rings. The SMILES string of the molecule is CC(=O)[C@](O)(CC(=O)C(=O)O)c1ccccc1N. The van der Waals surface area contributed by atoms with E-state index >= 15 is 0 Å². The van der Waals surface area contributed by atoms with Crippen molar-refractivity contribution in [3.05, 3.63) is 29.8 Å². The Kier molecular flexibility index (Phi) is 3.82. The molecule has 0 radical (unpaired) electrons. The minimum absolute atomic E-state index is 0.0344. The Balaban J connectivity index is 3.25. The molecule has 0 saturated carbocycles. The number of aliphatic hydroxyl groups is 1. The molecule has 0 saturated heterocycles. The number of rotatable bonds is 5. The van der Waals surface area contributed by atoms with Crippen LogP contribution in [0.4, 0.5) is 5.69 Å². The number of aliphatic carboxylic acids is 1. The zero-order valence-electron chi connectivity index (χ0n) is 9.71. The van der Waals surface area contributed by atoms with Gasteiger partial charge in [-0.2, -0.15) is 0 Å². The van der Waals surface area contributed by atoms with Crippen molar-refractivity contribution in [3.63, 3.8) is 0 Å². The molecule has 0 spiro atoms. The summed E-state index contributed by atoms with van der Waals surface area (Å²) in [7, 11) is 0. The first-order chi connectivity index (χ1) is 8.29. The molecule has 0 aromatic heterocycles. The number of Topliss-reactive ketones (excluding diaryl/α,β-unsaturated/α-hetero) is 2. The summed E-state index contributed by atoms with van der Waals surface area (Å²) in [5.41, 5.74) is 3.57. The summed E-state index contributed by atoms with van der Waals surface area (Å²) >= 11 is 0. The standard InChI is InChI=1S/C12H13NO5/c1-7(14)12(18,6-10(15)11(16)17)8-4-2-3-5-9(8)13/h2-5,18H,6,13H2,1H3,(H,16,17)/t12-/m1/s1. The van der Waals surface area contributed by atoms with Crippen molar-refractivity contribution >= 4 is 23.2 Å². The quantitative estimate of drug-likeness (QED) is 0.504. The van der Waals surface area contributed by atoms with E-state index in [0.717, 1.165) is 6.92 Å². The summed E-state index contributed by atoms with van der Waals surface area (Å²) in [4.78, 5) is 33.2. The van der Waals surface area contributed by atoms with E-state index in [1.807, 2.05) is 0 Å². The van der Waals surface area contributed by atoms with Crippen LogP contribution in [0.2, 0.25) is 0 Å². The predicted molar refractivity (Wildman–Crippen MR) is 62.7 cm³/mol. The van der Waals surface area contributed by atoms with E-state index in [9.17, 15) is 19.5 Å². The van der Waals surface area contributed by atoms with Gasteiger partial charge in [0, 0.05) is 11.3 Å². The van der Waals surface area contributed by atoms with Crippen LogP contribution in [-0.2, 0) is 20.0 Å². The van der Waals surface area contributed by atoms with Crippen molar-refractivity contribution in [1.29, 1.82) is 0 Å². The van der Waals surface area contributed by atoms with Gasteiger partial charge in [-0.3, -0.25) is 9.59 Å². The van der Waals surface area contributed by atoms with E-state index in [-0.39, 0.29) is 11.3 Å². The average molecular weight is 251 g/mol. The van der Waals surface area contributed by atoms with Crippen molar-refractivity contribution in [2.45, 2.75) is 18.9 Å². The van der Waals surface area contributed by atoms with Gasteiger partial charge in [0.2, 0.25) is 5.78 Å². The molecule has 0 amide bonds. The van der Waals surface area contributed by atoms with Crippen LogP contribution in [0.3, 0.4) is 0 Å². The second-order valence-electron chi connectivity index (χ2n) is 3.91. The van der Waals surface area contributed by atoms with Gasteiger partial charge in [-0.15, -0.1) is 0 Å². The zero-order valence-corrected chi connectivity index (χ0v) is 9.71. The number of para-hydroxylation sites is 1. The fourth-order valence-corrected chi connectivity index (χ4v) is 1.59. The van der Waals surface area contributed by atoms with Crippen LogP contribution in [-0.4, -0.2) is 27.7 Å². The van der Waals surface area contributed by atoms with E-state index < -0.39 is 29.6 Å². The second kappa shape index (κ2) is 4.97. The van der Waals surface area contributed by atoms with Gasteiger partial charge in [0.1, 0.15) is 0 Å². The maximum atomic E-state index is 11.5. The average Bonchev–Trinajstić information content (AvgIpc) is 2.28. The van der Waals surface area contributed by atoms with Crippen LogP contribution in [0.5, 0.6) is 0 Å². The maximum absolute atomic E-state index is 11.5. The number of carboxylic acids is 1. The molecule has 6 heteroatoms. The third-order valence-corrected chi connectivity index (χ3v) is 2.64. The van der Waals surface area contributed by atoms with E-state index in [2.05, 4.69) is 0 Å². The zero-order chi connectivity index (χ0) is 13.9. The first-order valence-corrected chi connectivity index (χ1v) is 5.13. The van der Waals surface area contributed by atoms with Crippen LogP contribution in [0.1, 0.15) is 18.9 Å². The van der Waals surface area contributed by atoms with Crippen LogP contribution < -0.4 is 5.73 Å². The summed E-state index contributed by atoms with van der Waals surface area (Å²) in [6, 6.07) is 5.96. The van der Waals surface area contributed by atoms with Crippen molar-refractivity contribution in [3.8, 4) is 0 Å². The molecule has 96 valence electrons. The third-order valence-electron chi connectivity index (χ3n) is 2.64. The number of carbonyl (C=O) groups excluding carboxylic acids is 2. The van der Waals surface area contributed by atoms with Gasteiger partial charge in [0.15, 0.2) is 11.4 Å². The van der Waals surface area contributed by atoms with Gasteiger partial charge < -0.3 is 15.9 Å². The summed E-state index contributed by atoms with van der Waals surface area (Å²) in [5.74, 6) is -3.70. The molecule has 0 aliphatic carbocycles. The van der Waals surface area contributed by atoms with E-state index in [1.54, 1.807) is 6.07 Å². The van der Waals surface area contributed by atoms with Crippen LogP contribution in [0.15, 0.2) is 24.3 Å². The lowest BCUT2D eigenvalue weighted by Crippen LogP contribution is -2.38. The minimum atomic E-state index is -2.21. The number of hydrogen-bond donors (Lipinski definition) is 3. The number of ketones is 2.